The number of carbonyl (C=O) groups is 1. The van der Waals surface area contributed by atoms with Gasteiger partial charge >= 0.3 is 6.09 Å². The molecule has 1 N–H and O–H groups in total. The predicted octanol–water partition coefficient (Wildman–Crippen LogP) is 4.13. The molecule has 0 amide bonds. The van der Waals surface area contributed by atoms with Gasteiger partial charge in [-0.1, -0.05) is 6.08 Å². The summed E-state index contributed by atoms with van der Waals surface area (Å²) in [6.07, 6.45) is 3.86. The standard InChI is InChI=1S/C22H29N5O4/c1-14-12-17(24-18-13-15(2)27(26-18)20(28)31-21(3,4)5)25-19(23-14)16-6-8-22(9-7-16)29-10-11-30-22/h6,12-13H,7-11H2,1-5H3,(H,23,24,25,26). The van der Waals surface area contributed by atoms with Crippen LogP contribution in [0.5, 0.6) is 0 Å². The first-order valence-corrected chi connectivity index (χ1v) is 10.5. The van der Waals surface area contributed by atoms with Gasteiger partial charge < -0.3 is 19.5 Å². The first-order valence-electron chi connectivity index (χ1n) is 10.5. The SMILES string of the molecule is Cc1cc(Nc2cc(C)n(C(=O)OC(C)(C)C)n2)nc(C2=CCC3(CC2)OCCO3)n1. The molecule has 166 valence electrons. The van der Waals surface area contributed by atoms with Crippen LogP contribution in [0.1, 0.15) is 57.2 Å². The van der Waals surface area contributed by atoms with Crippen molar-refractivity contribution in [1.82, 2.24) is 19.7 Å². The lowest BCUT2D eigenvalue weighted by Crippen LogP contribution is -2.31. The molecule has 9 heteroatoms. The molecule has 0 saturated carbocycles. The van der Waals surface area contributed by atoms with E-state index in [0.29, 0.717) is 42.8 Å². The molecule has 2 aromatic rings. The van der Waals surface area contributed by atoms with Crippen molar-refractivity contribution in [2.75, 3.05) is 18.5 Å². The third-order valence-electron chi connectivity index (χ3n) is 5.10. The average molecular weight is 428 g/mol. The van der Waals surface area contributed by atoms with E-state index >= 15 is 0 Å². The molecule has 4 rings (SSSR count). The van der Waals surface area contributed by atoms with Crippen molar-refractivity contribution < 1.29 is 19.0 Å². The van der Waals surface area contributed by atoms with Crippen molar-refractivity contribution in [3.8, 4) is 0 Å². The zero-order chi connectivity index (χ0) is 22.2. The van der Waals surface area contributed by atoms with Crippen LogP contribution in [-0.4, -0.2) is 50.4 Å². The number of nitrogens with one attached hydrogen (secondary N) is 1. The normalized spacial score (nSPS) is 18.2. The molecule has 0 aromatic carbocycles. The second-order valence-corrected chi connectivity index (χ2v) is 8.95. The first-order chi connectivity index (χ1) is 14.6. The zero-order valence-electron chi connectivity index (χ0n) is 18.7. The van der Waals surface area contributed by atoms with Crippen molar-refractivity contribution in [2.24, 2.45) is 0 Å². The van der Waals surface area contributed by atoms with Crippen LogP contribution in [-0.2, 0) is 14.2 Å². The molecule has 2 aliphatic rings. The minimum atomic E-state index is -0.595. The smallest absolute Gasteiger partial charge is 0.435 e. The number of ether oxygens (including phenoxy) is 3. The van der Waals surface area contributed by atoms with Crippen molar-refractivity contribution in [3.63, 3.8) is 0 Å². The summed E-state index contributed by atoms with van der Waals surface area (Å²) in [5, 5.41) is 7.52. The number of carbonyl (C=O) groups excluding carboxylic acids is 1. The molecule has 0 atom stereocenters. The number of rotatable bonds is 3. The molecular formula is C22H29N5O4. The van der Waals surface area contributed by atoms with Gasteiger partial charge in [0.15, 0.2) is 17.4 Å². The molecule has 3 heterocycles. The van der Waals surface area contributed by atoms with Crippen LogP contribution in [0.2, 0.25) is 0 Å². The first kappa shape index (κ1) is 21.5. The Balaban J connectivity index is 1.51. The highest BCUT2D eigenvalue weighted by atomic mass is 16.7. The van der Waals surface area contributed by atoms with Gasteiger partial charge in [0.25, 0.3) is 0 Å². The number of anilines is 2. The van der Waals surface area contributed by atoms with Crippen LogP contribution in [0, 0.1) is 13.8 Å². The van der Waals surface area contributed by atoms with E-state index in [-0.39, 0.29) is 0 Å². The van der Waals surface area contributed by atoms with Crippen molar-refractivity contribution in [1.29, 1.82) is 0 Å². The number of aryl methyl sites for hydroxylation is 2. The lowest BCUT2D eigenvalue weighted by molar-refractivity contribution is -0.159. The van der Waals surface area contributed by atoms with Crippen LogP contribution in [0.4, 0.5) is 16.4 Å². The van der Waals surface area contributed by atoms with Crippen LogP contribution < -0.4 is 5.32 Å². The van der Waals surface area contributed by atoms with Gasteiger partial charge in [-0.05, 0) is 46.6 Å². The Morgan fingerprint density at radius 2 is 1.90 bits per heavy atom. The summed E-state index contributed by atoms with van der Waals surface area (Å²) >= 11 is 0. The largest absolute Gasteiger partial charge is 0.442 e. The van der Waals surface area contributed by atoms with Gasteiger partial charge in [-0.15, -0.1) is 5.10 Å². The number of allylic oxidation sites excluding steroid dienone is 1. The highest BCUT2D eigenvalue weighted by Crippen LogP contribution is 2.37. The van der Waals surface area contributed by atoms with E-state index in [1.54, 1.807) is 13.0 Å². The quantitative estimate of drug-likeness (QED) is 0.780. The molecule has 0 unspecified atom stereocenters. The molecule has 1 aliphatic carbocycles. The Kier molecular flexibility index (Phi) is 5.57. The second-order valence-electron chi connectivity index (χ2n) is 8.95. The Labute approximate surface area is 181 Å². The molecule has 1 aliphatic heterocycles. The zero-order valence-corrected chi connectivity index (χ0v) is 18.7. The van der Waals surface area contributed by atoms with Crippen LogP contribution in [0.25, 0.3) is 5.57 Å². The summed E-state index contributed by atoms with van der Waals surface area (Å²) in [4.78, 5) is 21.6. The van der Waals surface area contributed by atoms with Crippen LogP contribution >= 0.6 is 0 Å². The lowest BCUT2D eigenvalue weighted by Gasteiger charge is -2.30. The van der Waals surface area contributed by atoms with Crippen LogP contribution in [0.15, 0.2) is 18.2 Å². The number of hydrogen-bond donors (Lipinski definition) is 1. The third-order valence-corrected chi connectivity index (χ3v) is 5.10. The third kappa shape index (κ3) is 4.94. The highest BCUT2D eigenvalue weighted by molar-refractivity contribution is 5.72. The summed E-state index contributed by atoms with van der Waals surface area (Å²) in [6, 6.07) is 3.62. The summed E-state index contributed by atoms with van der Waals surface area (Å²) in [7, 11) is 0. The molecule has 2 aromatic heterocycles. The summed E-state index contributed by atoms with van der Waals surface area (Å²) in [6.45, 7) is 10.5. The van der Waals surface area contributed by atoms with Gasteiger partial charge in [0.05, 0.1) is 13.2 Å². The minimum absolute atomic E-state index is 0.472. The topological polar surface area (TPSA) is 100 Å². The Morgan fingerprint density at radius 1 is 1.16 bits per heavy atom. The number of nitrogens with zero attached hydrogens (tertiary/aromatic N) is 4. The van der Waals surface area contributed by atoms with Crippen LogP contribution in [0.3, 0.4) is 0 Å². The maximum Gasteiger partial charge on any atom is 0.435 e. The Bertz CT molecular complexity index is 1020. The molecule has 1 spiro atoms. The maximum absolute atomic E-state index is 12.4. The summed E-state index contributed by atoms with van der Waals surface area (Å²) in [5.74, 6) is 1.33. The van der Waals surface area contributed by atoms with Crippen molar-refractivity contribution in [2.45, 2.75) is 65.3 Å². The summed E-state index contributed by atoms with van der Waals surface area (Å²) < 4.78 is 18.2. The van der Waals surface area contributed by atoms with E-state index < -0.39 is 17.5 Å². The van der Waals surface area contributed by atoms with Gasteiger partial charge in [0, 0.05) is 36.4 Å². The fraction of sp³-hybridized carbons (Fsp3) is 0.545. The maximum atomic E-state index is 12.4. The molecule has 1 saturated heterocycles. The molecule has 0 bridgehead atoms. The van der Waals surface area contributed by atoms with E-state index in [4.69, 9.17) is 14.2 Å². The van der Waals surface area contributed by atoms with Gasteiger partial charge in [0.1, 0.15) is 11.4 Å². The monoisotopic (exact) mass is 427 g/mol. The highest BCUT2D eigenvalue weighted by Gasteiger charge is 2.38. The Morgan fingerprint density at radius 3 is 2.55 bits per heavy atom. The van der Waals surface area contributed by atoms with Gasteiger partial charge in [0.2, 0.25) is 0 Å². The predicted molar refractivity (Wildman–Crippen MR) is 115 cm³/mol. The van der Waals surface area contributed by atoms with E-state index in [1.165, 1.54) is 4.68 Å². The molecular weight excluding hydrogens is 398 g/mol. The molecule has 9 nitrogen and oxygen atoms in total. The Hall–Kier alpha value is -2.78. The lowest BCUT2D eigenvalue weighted by atomic mass is 9.93. The molecule has 1 fully saturated rings. The van der Waals surface area contributed by atoms with Gasteiger partial charge in [-0.2, -0.15) is 4.68 Å². The van der Waals surface area contributed by atoms with E-state index in [0.717, 1.165) is 24.1 Å². The minimum Gasteiger partial charge on any atom is -0.442 e. The molecule has 0 radical (unpaired) electrons. The number of aromatic nitrogens is 4. The van der Waals surface area contributed by atoms with Crippen molar-refractivity contribution in [3.05, 3.63) is 35.4 Å². The number of hydrogen-bond acceptors (Lipinski definition) is 8. The molecule has 31 heavy (non-hydrogen) atoms. The summed E-state index contributed by atoms with van der Waals surface area (Å²) in [5.41, 5.74) is 1.99. The fourth-order valence-electron chi connectivity index (χ4n) is 3.70. The average Bonchev–Trinajstić information content (AvgIpc) is 3.27. The van der Waals surface area contributed by atoms with Gasteiger partial charge in [-0.3, -0.25) is 0 Å². The van der Waals surface area contributed by atoms with E-state index in [1.807, 2.05) is 33.8 Å². The van der Waals surface area contributed by atoms with E-state index in [9.17, 15) is 4.79 Å². The van der Waals surface area contributed by atoms with Crippen molar-refractivity contribution >= 4 is 23.3 Å². The fourth-order valence-corrected chi connectivity index (χ4v) is 3.70. The second kappa shape index (κ2) is 8.05. The van der Waals surface area contributed by atoms with Gasteiger partial charge in [-0.25, -0.2) is 14.8 Å². The van der Waals surface area contributed by atoms with E-state index in [2.05, 4.69) is 26.5 Å².